The van der Waals surface area contributed by atoms with Gasteiger partial charge in [0.2, 0.25) is 0 Å². The standard InChI is InChI=1S/C15H16N2O3/c1-3-20-12-6-4-5-11(8-12)17-15(19)13-9-16-10(2)7-14(13)18/h4-9H,3H2,1-2H3,(H,16,18)(H,17,19). The summed E-state index contributed by atoms with van der Waals surface area (Å²) in [6, 6.07) is 8.43. The molecule has 1 aromatic heterocycles. The summed E-state index contributed by atoms with van der Waals surface area (Å²) in [6.45, 7) is 4.20. The Labute approximate surface area is 116 Å². The number of H-pyrrole nitrogens is 1. The van der Waals surface area contributed by atoms with E-state index < -0.39 is 5.91 Å². The lowest BCUT2D eigenvalue weighted by Gasteiger charge is -2.07. The Bertz CT molecular complexity index is 677. The number of hydrogen-bond donors (Lipinski definition) is 2. The number of pyridine rings is 1. The normalized spacial score (nSPS) is 10.1. The Balaban J connectivity index is 2.19. The zero-order valence-electron chi connectivity index (χ0n) is 11.4. The van der Waals surface area contributed by atoms with Gasteiger partial charge in [-0.1, -0.05) is 6.07 Å². The number of carbonyl (C=O) groups excluding carboxylic acids is 1. The van der Waals surface area contributed by atoms with Gasteiger partial charge in [0.15, 0.2) is 5.43 Å². The fourth-order valence-electron chi connectivity index (χ4n) is 1.78. The molecular weight excluding hydrogens is 256 g/mol. The molecule has 1 amide bonds. The van der Waals surface area contributed by atoms with Crippen LogP contribution in [0.3, 0.4) is 0 Å². The molecule has 2 N–H and O–H groups in total. The minimum Gasteiger partial charge on any atom is -0.494 e. The molecule has 0 bridgehead atoms. The first-order valence-electron chi connectivity index (χ1n) is 6.33. The highest BCUT2D eigenvalue weighted by Crippen LogP contribution is 2.17. The number of carbonyl (C=O) groups is 1. The molecule has 0 fully saturated rings. The first kappa shape index (κ1) is 13.9. The lowest BCUT2D eigenvalue weighted by Crippen LogP contribution is -2.21. The highest BCUT2D eigenvalue weighted by atomic mass is 16.5. The maximum atomic E-state index is 12.0. The number of aryl methyl sites for hydroxylation is 1. The molecule has 5 nitrogen and oxygen atoms in total. The van der Waals surface area contributed by atoms with Crippen LogP contribution in [0.2, 0.25) is 0 Å². The molecule has 5 heteroatoms. The van der Waals surface area contributed by atoms with Gasteiger partial charge in [-0.3, -0.25) is 9.59 Å². The molecule has 1 heterocycles. The minimum atomic E-state index is -0.445. The molecule has 0 radical (unpaired) electrons. The van der Waals surface area contributed by atoms with Crippen molar-refractivity contribution in [3.63, 3.8) is 0 Å². The molecule has 0 aliphatic carbocycles. The third-order valence-corrected chi connectivity index (χ3v) is 2.70. The molecule has 0 saturated carbocycles. The fraction of sp³-hybridized carbons (Fsp3) is 0.200. The molecule has 20 heavy (non-hydrogen) atoms. The second-order valence-corrected chi connectivity index (χ2v) is 4.31. The van der Waals surface area contributed by atoms with Crippen molar-refractivity contribution in [2.75, 3.05) is 11.9 Å². The Morgan fingerprint density at radius 3 is 2.85 bits per heavy atom. The van der Waals surface area contributed by atoms with E-state index >= 15 is 0 Å². The van der Waals surface area contributed by atoms with Gasteiger partial charge < -0.3 is 15.0 Å². The van der Waals surface area contributed by atoms with Crippen molar-refractivity contribution in [3.05, 3.63) is 58.0 Å². The number of ether oxygens (including phenoxy) is 1. The largest absolute Gasteiger partial charge is 0.494 e. The summed E-state index contributed by atoms with van der Waals surface area (Å²) in [7, 11) is 0. The van der Waals surface area contributed by atoms with Gasteiger partial charge in [0.05, 0.1) is 6.61 Å². The number of aromatic amines is 1. The first-order valence-corrected chi connectivity index (χ1v) is 6.33. The van der Waals surface area contributed by atoms with Crippen LogP contribution in [0.25, 0.3) is 0 Å². The van der Waals surface area contributed by atoms with E-state index in [0.29, 0.717) is 23.7 Å². The molecule has 0 atom stereocenters. The van der Waals surface area contributed by atoms with E-state index in [4.69, 9.17) is 4.74 Å². The molecular formula is C15H16N2O3. The summed E-state index contributed by atoms with van der Waals surface area (Å²) >= 11 is 0. The van der Waals surface area contributed by atoms with Crippen LogP contribution < -0.4 is 15.5 Å². The van der Waals surface area contributed by atoms with Gasteiger partial charge in [0, 0.05) is 29.7 Å². The van der Waals surface area contributed by atoms with Crippen molar-refractivity contribution < 1.29 is 9.53 Å². The molecule has 0 spiro atoms. The molecule has 2 rings (SSSR count). The van der Waals surface area contributed by atoms with E-state index in [1.807, 2.05) is 6.92 Å². The summed E-state index contributed by atoms with van der Waals surface area (Å²) in [5, 5.41) is 2.68. The van der Waals surface area contributed by atoms with E-state index in [0.717, 1.165) is 0 Å². The highest BCUT2D eigenvalue weighted by Gasteiger charge is 2.10. The zero-order valence-corrected chi connectivity index (χ0v) is 11.4. The Hall–Kier alpha value is -2.56. The van der Waals surface area contributed by atoms with E-state index in [1.165, 1.54) is 12.3 Å². The predicted molar refractivity (Wildman–Crippen MR) is 77.4 cm³/mol. The average molecular weight is 272 g/mol. The molecule has 0 unspecified atom stereocenters. The van der Waals surface area contributed by atoms with Gasteiger partial charge >= 0.3 is 0 Å². The van der Waals surface area contributed by atoms with Gasteiger partial charge in [-0.05, 0) is 26.0 Å². The topological polar surface area (TPSA) is 71.2 Å². The highest BCUT2D eigenvalue weighted by molar-refractivity contribution is 6.04. The second-order valence-electron chi connectivity index (χ2n) is 4.31. The smallest absolute Gasteiger partial charge is 0.261 e. The van der Waals surface area contributed by atoms with E-state index in [2.05, 4.69) is 10.3 Å². The van der Waals surface area contributed by atoms with E-state index in [9.17, 15) is 9.59 Å². The van der Waals surface area contributed by atoms with Crippen LogP contribution in [0.1, 0.15) is 23.0 Å². The quantitative estimate of drug-likeness (QED) is 0.897. The van der Waals surface area contributed by atoms with E-state index in [1.54, 1.807) is 31.2 Å². The zero-order chi connectivity index (χ0) is 14.5. The summed E-state index contributed by atoms with van der Waals surface area (Å²) in [5.74, 6) is 0.225. The number of amides is 1. The molecule has 0 aliphatic heterocycles. The Morgan fingerprint density at radius 1 is 1.35 bits per heavy atom. The summed E-state index contributed by atoms with van der Waals surface area (Å²) in [6.07, 6.45) is 1.42. The Morgan fingerprint density at radius 2 is 2.15 bits per heavy atom. The Kier molecular flexibility index (Phi) is 4.20. The van der Waals surface area contributed by atoms with Crippen LogP contribution in [0.5, 0.6) is 5.75 Å². The van der Waals surface area contributed by atoms with Gasteiger partial charge in [-0.15, -0.1) is 0 Å². The second kappa shape index (κ2) is 6.06. The van der Waals surface area contributed by atoms with Gasteiger partial charge in [-0.2, -0.15) is 0 Å². The minimum absolute atomic E-state index is 0.0809. The van der Waals surface area contributed by atoms with Crippen LogP contribution in [-0.4, -0.2) is 17.5 Å². The van der Waals surface area contributed by atoms with E-state index in [-0.39, 0.29) is 11.0 Å². The summed E-state index contributed by atoms with van der Waals surface area (Å²) < 4.78 is 5.35. The number of nitrogens with one attached hydrogen (secondary N) is 2. The maximum Gasteiger partial charge on any atom is 0.261 e. The number of rotatable bonds is 4. The van der Waals surface area contributed by atoms with Crippen LogP contribution in [0.15, 0.2) is 41.3 Å². The first-order chi connectivity index (χ1) is 9.60. The van der Waals surface area contributed by atoms with Crippen LogP contribution in [0.4, 0.5) is 5.69 Å². The van der Waals surface area contributed by atoms with Crippen LogP contribution in [0, 0.1) is 6.92 Å². The van der Waals surface area contributed by atoms with Gasteiger partial charge in [0.1, 0.15) is 11.3 Å². The number of anilines is 1. The monoisotopic (exact) mass is 272 g/mol. The van der Waals surface area contributed by atoms with Crippen LogP contribution in [-0.2, 0) is 0 Å². The molecule has 104 valence electrons. The lowest BCUT2D eigenvalue weighted by molar-refractivity contribution is 0.102. The number of benzene rings is 1. The van der Waals surface area contributed by atoms with Crippen molar-refractivity contribution in [3.8, 4) is 5.75 Å². The third kappa shape index (κ3) is 3.26. The molecule has 1 aromatic carbocycles. The fourth-order valence-corrected chi connectivity index (χ4v) is 1.78. The van der Waals surface area contributed by atoms with Crippen molar-refractivity contribution >= 4 is 11.6 Å². The summed E-state index contributed by atoms with van der Waals surface area (Å²) in [5.41, 5.74) is 1.07. The molecule has 0 saturated heterocycles. The number of aromatic nitrogens is 1. The van der Waals surface area contributed by atoms with Gasteiger partial charge in [-0.25, -0.2) is 0 Å². The van der Waals surface area contributed by atoms with Crippen molar-refractivity contribution in [1.29, 1.82) is 0 Å². The SMILES string of the molecule is CCOc1cccc(NC(=O)c2c[nH]c(C)cc2=O)c1. The van der Waals surface area contributed by atoms with Crippen molar-refractivity contribution in [2.24, 2.45) is 0 Å². The number of hydrogen-bond acceptors (Lipinski definition) is 3. The average Bonchev–Trinajstić information content (AvgIpc) is 2.39. The lowest BCUT2D eigenvalue weighted by atomic mass is 10.2. The molecule has 2 aromatic rings. The summed E-state index contributed by atoms with van der Waals surface area (Å²) in [4.78, 5) is 26.6. The van der Waals surface area contributed by atoms with Crippen LogP contribution >= 0.6 is 0 Å². The van der Waals surface area contributed by atoms with Crippen molar-refractivity contribution in [2.45, 2.75) is 13.8 Å². The maximum absolute atomic E-state index is 12.0. The predicted octanol–water partition coefficient (Wildman–Crippen LogP) is 2.33. The third-order valence-electron chi connectivity index (χ3n) is 2.70. The van der Waals surface area contributed by atoms with Crippen molar-refractivity contribution in [1.82, 2.24) is 4.98 Å². The molecule has 0 aliphatic rings. The van der Waals surface area contributed by atoms with Gasteiger partial charge in [0.25, 0.3) is 5.91 Å².